The van der Waals surface area contributed by atoms with E-state index in [0.29, 0.717) is 30.0 Å². The Labute approximate surface area is 227 Å². The third-order valence-corrected chi connectivity index (χ3v) is 7.11. The smallest absolute Gasteiger partial charge is 0.256 e. The summed E-state index contributed by atoms with van der Waals surface area (Å²) in [5, 5.41) is 10.8. The lowest BCUT2D eigenvalue weighted by Crippen LogP contribution is -2.43. The summed E-state index contributed by atoms with van der Waals surface area (Å²) >= 11 is 0. The fourth-order valence-electron chi connectivity index (χ4n) is 5.14. The molecule has 0 radical (unpaired) electrons. The molecule has 5 rings (SSSR count). The third kappa shape index (κ3) is 6.59. The zero-order valence-electron chi connectivity index (χ0n) is 21.4. The van der Waals surface area contributed by atoms with Crippen LogP contribution >= 0.6 is 0 Å². The molecule has 0 saturated carbocycles. The number of benzene rings is 4. The predicted octanol–water partition coefficient (Wildman–Crippen LogP) is 5.92. The fourth-order valence-corrected chi connectivity index (χ4v) is 5.14. The topological polar surface area (TPSA) is 66.8 Å². The first-order valence-electron chi connectivity index (χ1n) is 13.1. The molecule has 0 aromatic heterocycles. The van der Waals surface area contributed by atoms with Crippen LogP contribution in [0.25, 0.3) is 0 Å². The highest BCUT2D eigenvalue weighted by Gasteiger charge is 2.41. The molecule has 1 aliphatic heterocycles. The first-order valence-corrected chi connectivity index (χ1v) is 13.1. The Morgan fingerprint density at radius 3 is 2.05 bits per heavy atom. The normalized spacial score (nSPS) is 17.5. The number of carbonyl (C=O) groups excluding carboxylic acids is 2. The van der Waals surface area contributed by atoms with Gasteiger partial charge in [0, 0.05) is 13.0 Å². The van der Waals surface area contributed by atoms with E-state index in [1.165, 1.54) is 12.1 Å². The van der Waals surface area contributed by atoms with Crippen molar-refractivity contribution in [2.45, 2.75) is 31.4 Å². The molecule has 0 spiro atoms. The minimum Gasteiger partial charge on any atom is -0.457 e. The number of halogens is 1. The molecular weight excluding hydrogens is 493 g/mol. The van der Waals surface area contributed by atoms with Crippen molar-refractivity contribution in [1.29, 1.82) is 0 Å². The Balaban J connectivity index is 1.29. The summed E-state index contributed by atoms with van der Waals surface area (Å²) in [6, 6.07) is 31.2. The molecule has 5 nitrogen and oxygen atoms in total. The lowest BCUT2D eigenvalue weighted by Gasteiger charge is -2.26. The summed E-state index contributed by atoms with van der Waals surface area (Å²) in [5.41, 5.74) is 2.47. The molecule has 0 unspecified atom stereocenters. The summed E-state index contributed by atoms with van der Waals surface area (Å²) in [6.45, 7) is 0.415. The van der Waals surface area contributed by atoms with Crippen LogP contribution in [0.1, 0.15) is 29.2 Å². The van der Waals surface area contributed by atoms with Crippen LogP contribution in [0.3, 0.4) is 0 Å². The molecule has 1 heterocycles. The van der Waals surface area contributed by atoms with Crippen LogP contribution in [0, 0.1) is 11.7 Å². The SMILES string of the molecule is O=C(Cc1ccc(Oc2ccc(F)cc2)cc1)[C@@H]1C[C@@H](Cc2ccccc2)CN1C(=O)[C@H](O)c1ccccc1. The summed E-state index contributed by atoms with van der Waals surface area (Å²) in [6.07, 6.45) is 0.142. The monoisotopic (exact) mass is 523 g/mol. The molecule has 1 aliphatic rings. The van der Waals surface area contributed by atoms with Crippen LogP contribution < -0.4 is 4.74 Å². The molecule has 39 heavy (non-hydrogen) atoms. The van der Waals surface area contributed by atoms with E-state index < -0.39 is 18.1 Å². The number of ketones is 1. The number of amides is 1. The molecule has 4 aromatic rings. The Hall–Kier alpha value is -4.29. The van der Waals surface area contributed by atoms with Gasteiger partial charge in [-0.2, -0.15) is 0 Å². The van der Waals surface area contributed by atoms with Gasteiger partial charge in [-0.1, -0.05) is 72.8 Å². The Bertz CT molecular complexity index is 1390. The lowest BCUT2D eigenvalue weighted by atomic mass is 9.94. The molecule has 1 fully saturated rings. The van der Waals surface area contributed by atoms with Crippen LogP contribution in [0.15, 0.2) is 109 Å². The molecule has 1 N–H and O–H groups in total. The second kappa shape index (κ2) is 12.0. The van der Waals surface area contributed by atoms with Gasteiger partial charge in [0.05, 0.1) is 6.04 Å². The van der Waals surface area contributed by atoms with Gasteiger partial charge in [0.15, 0.2) is 11.9 Å². The highest BCUT2D eigenvalue weighted by atomic mass is 19.1. The van der Waals surface area contributed by atoms with Crippen molar-refractivity contribution in [3.8, 4) is 11.5 Å². The average Bonchev–Trinajstić information content (AvgIpc) is 3.39. The molecular formula is C33H30FNO4. The summed E-state index contributed by atoms with van der Waals surface area (Å²) in [7, 11) is 0. The summed E-state index contributed by atoms with van der Waals surface area (Å²) < 4.78 is 18.9. The van der Waals surface area contributed by atoms with Crippen molar-refractivity contribution in [3.63, 3.8) is 0 Å². The molecule has 0 bridgehead atoms. The molecule has 198 valence electrons. The maximum absolute atomic E-state index is 13.6. The van der Waals surface area contributed by atoms with E-state index in [0.717, 1.165) is 17.5 Å². The number of carbonyl (C=O) groups is 2. The highest BCUT2D eigenvalue weighted by molar-refractivity contribution is 5.92. The van der Waals surface area contributed by atoms with E-state index in [4.69, 9.17) is 4.74 Å². The van der Waals surface area contributed by atoms with Crippen LogP contribution in [0.5, 0.6) is 11.5 Å². The Morgan fingerprint density at radius 1 is 0.821 bits per heavy atom. The van der Waals surface area contributed by atoms with Gasteiger partial charge in [-0.3, -0.25) is 9.59 Å². The largest absolute Gasteiger partial charge is 0.457 e. The first kappa shape index (κ1) is 26.3. The van der Waals surface area contributed by atoms with Gasteiger partial charge in [-0.15, -0.1) is 0 Å². The van der Waals surface area contributed by atoms with Gasteiger partial charge in [0.25, 0.3) is 5.91 Å². The van der Waals surface area contributed by atoms with Crippen LogP contribution in [0.4, 0.5) is 4.39 Å². The van der Waals surface area contributed by atoms with E-state index in [9.17, 15) is 19.1 Å². The third-order valence-electron chi connectivity index (χ3n) is 7.11. The van der Waals surface area contributed by atoms with Crippen molar-refractivity contribution in [2.75, 3.05) is 6.54 Å². The van der Waals surface area contributed by atoms with Gasteiger partial charge in [0.1, 0.15) is 17.3 Å². The first-order chi connectivity index (χ1) is 19.0. The molecule has 6 heteroatoms. The predicted molar refractivity (Wildman–Crippen MR) is 147 cm³/mol. The summed E-state index contributed by atoms with van der Waals surface area (Å²) in [4.78, 5) is 28.6. The number of nitrogens with zero attached hydrogens (tertiary/aromatic N) is 1. The van der Waals surface area contributed by atoms with Gasteiger partial charge < -0.3 is 14.7 Å². The van der Waals surface area contributed by atoms with E-state index in [2.05, 4.69) is 12.1 Å². The molecule has 3 atom stereocenters. The van der Waals surface area contributed by atoms with Crippen LogP contribution in [-0.2, 0) is 22.4 Å². The average molecular weight is 524 g/mol. The van der Waals surface area contributed by atoms with Gasteiger partial charge in [0.2, 0.25) is 0 Å². The van der Waals surface area contributed by atoms with Crippen molar-refractivity contribution >= 4 is 11.7 Å². The lowest BCUT2D eigenvalue weighted by molar-refractivity contribution is -0.145. The van der Waals surface area contributed by atoms with E-state index in [1.807, 2.05) is 36.4 Å². The minimum absolute atomic E-state index is 0.0635. The molecule has 1 amide bonds. The number of aliphatic hydroxyl groups excluding tert-OH is 1. The van der Waals surface area contributed by atoms with Crippen LogP contribution in [0.2, 0.25) is 0 Å². The van der Waals surface area contributed by atoms with Gasteiger partial charge in [-0.25, -0.2) is 4.39 Å². The number of aliphatic hydroxyl groups is 1. The van der Waals surface area contributed by atoms with Crippen molar-refractivity contribution in [1.82, 2.24) is 4.90 Å². The Morgan fingerprint density at radius 2 is 1.41 bits per heavy atom. The summed E-state index contributed by atoms with van der Waals surface area (Å²) in [5.74, 6) is 0.355. The Kier molecular flexibility index (Phi) is 8.13. The van der Waals surface area contributed by atoms with Crippen molar-refractivity contribution in [3.05, 3.63) is 132 Å². The number of Topliss-reactive ketones (excluding diaryl/α,β-unsaturated/α-hetero) is 1. The zero-order valence-corrected chi connectivity index (χ0v) is 21.4. The minimum atomic E-state index is -1.32. The second-order valence-electron chi connectivity index (χ2n) is 9.95. The zero-order chi connectivity index (χ0) is 27.2. The van der Waals surface area contributed by atoms with Crippen LogP contribution in [-0.4, -0.2) is 34.3 Å². The fraction of sp³-hybridized carbons (Fsp3) is 0.212. The number of hydrogen-bond acceptors (Lipinski definition) is 4. The van der Waals surface area contributed by atoms with Gasteiger partial charge in [-0.05, 0) is 71.8 Å². The standard InChI is InChI=1S/C33H30FNO4/c34-27-13-17-29(18-14-27)39-28-15-11-24(12-16-28)21-31(36)30-20-25(19-23-7-3-1-4-8-23)22-35(30)33(38)32(37)26-9-5-2-6-10-26/h1-18,25,30,32,37H,19-22H2/t25-,30+,32-/m1/s1. The number of hydrogen-bond donors (Lipinski definition) is 1. The maximum atomic E-state index is 13.6. The quantitative estimate of drug-likeness (QED) is 0.296. The number of likely N-dealkylation sites (tertiary alicyclic amines) is 1. The number of rotatable bonds is 9. The second-order valence-corrected chi connectivity index (χ2v) is 9.95. The van der Waals surface area contributed by atoms with E-state index in [1.54, 1.807) is 53.4 Å². The molecule has 1 saturated heterocycles. The van der Waals surface area contributed by atoms with Gasteiger partial charge >= 0.3 is 0 Å². The van der Waals surface area contributed by atoms with Crippen molar-refractivity contribution in [2.24, 2.45) is 5.92 Å². The molecule has 4 aromatic carbocycles. The number of ether oxygens (including phenoxy) is 1. The van der Waals surface area contributed by atoms with E-state index in [-0.39, 0.29) is 23.9 Å². The van der Waals surface area contributed by atoms with Crippen molar-refractivity contribution < 1.29 is 23.8 Å². The highest BCUT2D eigenvalue weighted by Crippen LogP contribution is 2.31. The molecule has 0 aliphatic carbocycles. The maximum Gasteiger partial charge on any atom is 0.256 e. The van der Waals surface area contributed by atoms with E-state index >= 15 is 0 Å².